The van der Waals surface area contributed by atoms with Crippen LogP contribution in [0.2, 0.25) is 0 Å². The van der Waals surface area contributed by atoms with Crippen molar-refractivity contribution in [2.24, 2.45) is 0 Å². The van der Waals surface area contributed by atoms with Gasteiger partial charge in [-0.05, 0) is 32.1 Å². The summed E-state index contributed by atoms with van der Waals surface area (Å²) in [4.78, 5) is 59.8. The van der Waals surface area contributed by atoms with Crippen LogP contribution in [-0.4, -0.2) is 148 Å². The van der Waals surface area contributed by atoms with Crippen molar-refractivity contribution in [3.05, 3.63) is 0 Å². The Kier molecular flexibility index (Phi) is 86.3. The summed E-state index contributed by atoms with van der Waals surface area (Å²) in [6, 6.07) is 0. The summed E-state index contributed by atoms with van der Waals surface area (Å²) in [7, 11) is 0. The summed E-state index contributed by atoms with van der Waals surface area (Å²) < 4.78 is 15.1. The molecule has 20 nitrogen and oxygen atoms in total. The molecule has 0 aromatic rings. The van der Waals surface area contributed by atoms with Crippen molar-refractivity contribution in [2.45, 2.75) is 545 Å². The van der Waals surface area contributed by atoms with Gasteiger partial charge >= 0.3 is 56.1 Å². The van der Waals surface area contributed by atoms with Crippen LogP contribution < -0.4 is 10.2 Å². The maximum atomic E-state index is 13.0. The summed E-state index contributed by atoms with van der Waals surface area (Å²) in [6.07, 6.45) is 77.8. The first-order valence-corrected chi connectivity index (χ1v) is 48.0. The number of rotatable bonds is 83. The number of hydrogen-bond donors (Lipinski definition) is 10. The molecule has 0 aliphatic rings. The Morgan fingerprint density at radius 2 is 0.295 bits per heavy atom. The Morgan fingerprint density at radius 3 is 0.402 bits per heavy atom. The first kappa shape index (κ1) is 117. The molecule has 0 aliphatic carbocycles. The Hall–Kier alpha value is -1.75. The zero-order valence-electron chi connectivity index (χ0n) is 72.9. The molecule has 22 heteroatoms. The van der Waals surface area contributed by atoms with Crippen LogP contribution >= 0.6 is 0 Å². The molecule has 0 heterocycles. The molecule has 0 atom stereocenters. The fourth-order valence-electron chi connectivity index (χ4n) is 14.0. The number of carboxylic acid groups (broad SMARTS) is 2. The first-order valence-electron chi connectivity index (χ1n) is 46.5. The minimum atomic E-state index is -4.45. The second-order valence-electron chi connectivity index (χ2n) is 32.9. The van der Waals surface area contributed by atoms with E-state index >= 15 is 0 Å². The molecule has 112 heavy (non-hydrogen) atoms. The van der Waals surface area contributed by atoms with Crippen LogP contribution in [0.25, 0.3) is 0 Å². The van der Waals surface area contributed by atoms with Crippen molar-refractivity contribution in [1.82, 2.24) is 0 Å². The minimum absolute atomic E-state index is 0. The van der Waals surface area contributed by atoms with Crippen LogP contribution in [0, 0.1) is 0 Å². The number of carboxylic acids is 2. The van der Waals surface area contributed by atoms with Gasteiger partial charge in [-0.25, -0.2) is 14.4 Å². The predicted molar refractivity (Wildman–Crippen MR) is 450 cm³/mol. The van der Waals surface area contributed by atoms with Gasteiger partial charge in [-0.3, -0.25) is 0 Å². The Morgan fingerprint density at radius 1 is 0.196 bits per heavy atom. The van der Waals surface area contributed by atoms with E-state index in [1.165, 1.54) is 283 Å². The average Bonchev–Trinajstić information content (AvgIpc) is 0.832. The van der Waals surface area contributed by atoms with Crippen LogP contribution in [0.3, 0.4) is 0 Å². The van der Waals surface area contributed by atoms with Crippen LogP contribution in [0.15, 0.2) is 0 Å². The molecule has 0 bridgehead atoms. The smallest absolute Gasteiger partial charge is 0.547 e. The van der Waals surface area contributed by atoms with Crippen LogP contribution in [0.1, 0.15) is 516 Å². The van der Waals surface area contributed by atoms with Crippen molar-refractivity contribution in [3.8, 4) is 0 Å². The van der Waals surface area contributed by atoms with Gasteiger partial charge < -0.3 is 82.2 Å². The topological polar surface area (TPSA) is 361 Å². The van der Waals surface area contributed by atoms with Gasteiger partial charge in [0.25, 0.3) is 17.4 Å². The third-order valence-corrected chi connectivity index (χ3v) is 22.9. The molecule has 0 unspecified atom stereocenters. The normalized spacial score (nSPS) is 11.9. The molecule has 0 spiro atoms. The zero-order valence-corrected chi connectivity index (χ0v) is 75.4. The van der Waals surface area contributed by atoms with Crippen molar-refractivity contribution in [3.63, 3.8) is 0 Å². The number of hydrogen-bond acceptors (Lipinski definition) is 20. The van der Waals surface area contributed by atoms with Crippen molar-refractivity contribution >= 4 is 68.0 Å². The Balaban J connectivity index is -0.00000104. The molecular weight excluding hydrogens is 1450 g/mol. The van der Waals surface area contributed by atoms with E-state index in [1.54, 1.807) is 0 Å². The van der Waals surface area contributed by atoms with E-state index in [9.17, 15) is 64.8 Å². The standard InChI is InChI=1S/5C18H36O4.Al.Mg/c5*1-2-3-4-5-6-7-8-9-10-11-12-13-14-15-16-18(21,22)17(19)20;;/h5*21-22H,2-16H2,1H3,(H,19,20);;/q;;;;;+3;+2/p-5. The third kappa shape index (κ3) is 79.4. The third-order valence-electron chi connectivity index (χ3n) is 21.6. The van der Waals surface area contributed by atoms with Gasteiger partial charge in [0.1, 0.15) is 11.9 Å². The molecule has 660 valence electrons. The van der Waals surface area contributed by atoms with E-state index in [0.29, 0.717) is 32.1 Å². The quantitative estimate of drug-likeness (QED) is 0.0154. The van der Waals surface area contributed by atoms with E-state index in [4.69, 9.17) is 31.8 Å². The molecule has 0 rings (SSSR count). The van der Waals surface area contributed by atoms with E-state index in [2.05, 4.69) is 34.6 Å². The molecule has 0 fully saturated rings. The number of carbonyl (C=O) groups is 5. The summed E-state index contributed by atoms with van der Waals surface area (Å²) >= 11 is -4.45. The maximum Gasteiger partial charge on any atom is 2.00 e. The average molecular weight is 1630 g/mol. The number of aliphatic carboxylic acids is 2. The molecule has 0 aromatic heterocycles. The van der Waals surface area contributed by atoms with Gasteiger partial charge in [0.2, 0.25) is 11.6 Å². The number of unbranched alkanes of at least 4 members (excludes halogenated alkanes) is 65. The predicted octanol–water partition coefficient (Wildman–Crippen LogP) is 19.5. The molecule has 0 aliphatic heterocycles. The van der Waals surface area contributed by atoms with Crippen molar-refractivity contribution < 1.29 is 96.6 Å². The van der Waals surface area contributed by atoms with Gasteiger partial charge in [-0.1, -0.05) is 452 Å². The monoisotopic (exact) mass is 1630 g/mol. The van der Waals surface area contributed by atoms with Crippen molar-refractivity contribution in [2.75, 3.05) is 0 Å². The van der Waals surface area contributed by atoms with E-state index in [-0.39, 0.29) is 55.2 Å². The van der Waals surface area contributed by atoms with Gasteiger partial charge in [0.05, 0.1) is 0 Å². The molecule has 0 saturated heterocycles. The zero-order chi connectivity index (χ0) is 83.1. The molecule has 0 saturated carbocycles. The molecule has 0 aromatic carbocycles. The maximum absolute atomic E-state index is 13.0. The van der Waals surface area contributed by atoms with Gasteiger partial charge in [-0.2, -0.15) is 0 Å². The summed E-state index contributed by atoms with van der Waals surface area (Å²) in [5, 5.41) is 121. The minimum Gasteiger partial charge on any atom is -0.547 e. The van der Waals surface area contributed by atoms with Gasteiger partial charge in [0.15, 0.2) is 0 Å². The Labute approximate surface area is 705 Å². The second-order valence-corrected chi connectivity index (χ2v) is 34.2. The van der Waals surface area contributed by atoms with Crippen molar-refractivity contribution in [1.29, 1.82) is 0 Å². The summed E-state index contributed by atoms with van der Waals surface area (Å²) in [6.45, 7) is 11.2. The van der Waals surface area contributed by atoms with Gasteiger partial charge in [-0.15, -0.1) is 0 Å². The summed E-state index contributed by atoms with van der Waals surface area (Å²) in [5.41, 5.74) is 0. The van der Waals surface area contributed by atoms with E-state index < -0.39 is 93.2 Å². The number of aliphatic hydroxyl groups is 10. The molecular formula is C90H175AlMgO20. The Bertz CT molecular complexity index is 1870. The van der Waals surface area contributed by atoms with Gasteiger partial charge in [0, 0.05) is 32.1 Å². The SMILES string of the molecule is CCCCCCCCCCCCCCCCC(O)(O)C(=O)[O-].CCCCCCCCCCCCCCCCC(O)(O)C(=O)[O-].CCCCCCCCCCCCCCCCC(O)(O)C(=O)[O][Al]([O]C(=O)C(O)(O)CCCCCCCCCCCCCCCC)[O]C(=O)C(O)(O)CCCCCCCCCCCCCCCC.[Mg+2]. The largest absolute Gasteiger partial charge is 2.00 e. The van der Waals surface area contributed by atoms with Crippen LogP contribution in [0.4, 0.5) is 0 Å². The van der Waals surface area contributed by atoms with E-state index in [1.807, 2.05) is 0 Å². The fraction of sp³-hybridized carbons (Fsp3) is 0.944. The summed E-state index contributed by atoms with van der Waals surface area (Å²) in [5.74, 6) is -22.9. The molecule has 10 N–H and O–H groups in total. The molecule has 0 amide bonds. The van der Waals surface area contributed by atoms with Crippen LogP contribution in [-0.2, 0) is 35.3 Å². The second kappa shape index (κ2) is 82.9. The first-order chi connectivity index (χ1) is 53.2. The number of carbonyl (C=O) groups excluding carboxylic acids is 5. The van der Waals surface area contributed by atoms with Crippen LogP contribution in [0.5, 0.6) is 0 Å². The molecule has 0 radical (unpaired) electrons. The fourth-order valence-corrected chi connectivity index (χ4v) is 15.2. The van der Waals surface area contributed by atoms with E-state index in [0.717, 1.165) is 116 Å².